The van der Waals surface area contributed by atoms with Crippen molar-refractivity contribution in [2.45, 2.75) is 25.1 Å². The molecule has 0 atom stereocenters. The maximum absolute atomic E-state index is 12.0. The lowest BCUT2D eigenvalue weighted by Crippen LogP contribution is -2.39. The molecule has 6 heteroatoms. The number of ether oxygens (including phenoxy) is 1. The van der Waals surface area contributed by atoms with Crippen molar-refractivity contribution < 1.29 is 9.53 Å². The summed E-state index contributed by atoms with van der Waals surface area (Å²) in [6.45, 7) is 1.48. The average molecular weight is 299 g/mol. The van der Waals surface area contributed by atoms with Crippen LogP contribution in [0.5, 0.6) is 5.75 Å². The zero-order valence-corrected chi connectivity index (χ0v) is 12.4. The van der Waals surface area contributed by atoms with E-state index in [4.69, 9.17) is 16.3 Å². The van der Waals surface area contributed by atoms with Crippen molar-refractivity contribution in [2.75, 3.05) is 19.7 Å². The van der Waals surface area contributed by atoms with Crippen molar-refractivity contribution in [1.82, 2.24) is 9.47 Å². The first-order valence-corrected chi connectivity index (χ1v) is 7.31. The van der Waals surface area contributed by atoms with Crippen LogP contribution < -0.4 is 10.2 Å². The normalized spacial score (nSPS) is 15.2. The quantitative estimate of drug-likeness (QED) is 0.792. The van der Waals surface area contributed by atoms with Crippen LogP contribution in [-0.4, -0.2) is 35.1 Å². The van der Waals surface area contributed by atoms with Gasteiger partial charge >= 0.3 is 0 Å². The van der Waals surface area contributed by atoms with Crippen molar-refractivity contribution in [3.05, 3.63) is 28.2 Å². The summed E-state index contributed by atoms with van der Waals surface area (Å²) in [6, 6.07) is 1.44. The van der Waals surface area contributed by atoms with Gasteiger partial charge in [0.25, 0.3) is 5.91 Å². The fourth-order valence-electron chi connectivity index (χ4n) is 2.26. The SMILES string of the molecule is Cn1cc(OCC(=O)N2CCCCC2)c(=O)cc1CCl. The Morgan fingerprint density at radius 2 is 2.05 bits per heavy atom. The number of hydrogen-bond acceptors (Lipinski definition) is 3. The van der Waals surface area contributed by atoms with E-state index in [1.807, 2.05) is 0 Å². The van der Waals surface area contributed by atoms with Crippen molar-refractivity contribution >= 4 is 17.5 Å². The third kappa shape index (κ3) is 3.54. The van der Waals surface area contributed by atoms with Gasteiger partial charge in [0, 0.05) is 31.9 Å². The Balaban J connectivity index is 1.98. The number of piperidine rings is 1. The third-order valence-corrected chi connectivity index (χ3v) is 3.78. The third-order valence-electron chi connectivity index (χ3n) is 3.50. The molecule has 1 saturated heterocycles. The average Bonchev–Trinajstić information content (AvgIpc) is 2.48. The molecule has 1 aliphatic heterocycles. The van der Waals surface area contributed by atoms with Crippen LogP contribution in [0.2, 0.25) is 0 Å². The Labute approximate surface area is 123 Å². The fraction of sp³-hybridized carbons (Fsp3) is 0.571. The highest BCUT2D eigenvalue weighted by Crippen LogP contribution is 2.10. The maximum Gasteiger partial charge on any atom is 0.260 e. The summed E-state index contributed by atoms with van der Waals surface area (Å²) in [5.41, 5.74) is 0.469. The monoisotopic (exact) mass is 298 g/mol. The Morgan fingerprint density at radius 3 is 2.70 bits per heavy atom. The van der Waals surface area contributed by atoms with E-state index < -0.39 is 0 Å². The molecule has 110 valence electrons. The number of nitrogens with zero attached hydrogens (tertiary/aromatic N) is 2. The van der Waals surface area contributed by atoms with Crippen LogP contribution in [0.1, 0.15) is 25.0 Å². The summed E-state index contributed by atoms with van der Waals surface area (Å²) < 4.78 is 7.10. The summed E-state index contributed by atoms with van der Waals surface area (Å²) in [7, 11) is 1.79. The maximum atomic E-state index is 12.0. The van der Waals surface area contributed by atoms with Crippen LogP contribution in [0.3, 0.4) is 0 Å². The zero-order chi connectivity index (χ0) is 14.5. The van der Waals surface area contributed by atoms with Gasteiger partial charge in [-0.15, -0.1) is 11.6 Å². The number of likely N-dealkylation sites (tertiary alicyclic amines) is 1. The van der Waals surface area contributed by atoms with Gasteiger partial charge in [0.2, 0.25) is 5.43 Å². The Hall–Kier alpha value is -1.49. The molecule has 0 saturated carbocycles. The smallest absolute Gasteiger partial charge is 0.260 e. The van der Waals surface area contributed by atoms with Crippen LogP contribution in [0.25, 0.3) is 0 Å². The minimum absolute atomic E-state index is 0.0619. The number of amides is 1. The van der Waals surface area contributed by atoms with Gasteiger partial charge in [-0.2, -0.15) is 0 Å². The van der Waals surface area contributed by atoms with E-state index in [1.165, 1.54) is 12.5 Å². The lowest BCUT2D eigenvalue weighted by Gasteiger charge is -2.26. The first kappa shape index (κ1) is 14.9. The highest BCUT2D eigenvalue weighted by Gasteiger charge is 2.17. The van der Waals surface area contributed by atoms with Crippen LogP contribution in [0, 0.1) is 0 Å². The van der Waals surface area contributed by atoms with Gasteiger partial charge in [-0.1, -0.05) is 0 Å². The summed E-state index contributed by atoms with van der Waals surface area (Å²) in [4.78, 5) is 25.6. The molecule has 1 amide bonds. The first-order valence-electron chi connectivity index (χ1n) is 6.78. The van der Waals surface area contributed by atoms with Gasteiger partial charge in [0.05, 0.1) is 12.1 Å². The molecule has 0 radical (unpaired) electrons. The topological polar surface area (TPSA) is 51.5 Å². The van der Waals surface area contributed by atoms with E-state index in [2.05, 4.69) is 0 Å². The summed E-state index contributed by atoms with van der Waals surface area (Å²) >= 11 is 5.72. The zero-order valence-electron chi connectivity index (χ0n) is 11.6. The number of aryl methyl sites for hydroxylation is 1. The number of carbonyl (C=O) groups is 1. The van der Waals surface area contributed by atoms with Crippen LogP contribution in [0.15, 0.2) is 17.1 Å². The number of alkyl halides is 1. The molecular weight excluding hydrogens is 280 g/mol. The predicted octanol–water partition coefficient (Wildman–Crippen LogP) is 1.52. The molecule has 0 aliphatic carbocycles. The molecule has 0 bridgehead atoms. The van der Waals surface area contributed by atoms with Crippen molar-refractivity contribution in [1.29, 1.82) is 0 Å². The van der Waals surface area contributed by atoms with E-state index in [0.29, 0.717) is 5.69 Å². The van der Waals surface area contributed by atoms with E-state index in [9.17, 15) is 9.59 Å². The number of hydrogen-bond donors (Lipinski definition) is 0. The van der Waals surface area contributed by atoms with Gasteiger partial charge in [0.1, 0.15) is 0 Å². The van der Waals surface area contributed by atoms with Gasteiger partial charge in [-0.25, -0.2) is 0 Å². The lowest BCUT2D eigenvalue weighted by molar-refractivity contribution is -0.134. The Kier molecular flexibility index (Phi) is 5.06. The van der Waals surface area contributed by atoms with E-state index in [1.54, 1.807) is 22.7 Å². The number of aromatic nitrogens is 1. The van der Waals surface area contributed by atoms with Crippen LogP contribution >= 0.6 is 11.6 Å². The molecule has 20 heavy (non-hydrogen) atoms. The second kappa shape index (κ2) is 6.79. The minimum Gasteiger partial charge on any atom is -0.478 e. The molecular formula is C14H19ClN2O3. The van der Waals surface area contributed by atoms with Gasteiger partial charge < -0.3 is 14.2 Å². The summed E-state index contributed by atoms with van der Waals surface area (Å²) in [5, 5.41) is 0. The predicted molar refractivity (Wildman–Crippen MR) is 77.2 cm³/mol. The van der Waals surface area contributed by atoms with Crippen LogP contribution in [-0.2, 0) is 17.7 Å². The number of carbonyl (C=O) groups excluding carboxylic acids is 1. The number of halogens is 1. The number of pyridine rings is 1. The molecule has 2 heterocycles. The second-order valence-electron chi connectivity index (χ2n) is 4.97. The van der Waals surface area contributed by atoms with Crippen LogP contribution in [0.4, 0.5) is 0 Å². The Bertz CT molecular complexity index is 536. The van der Waals surface area contributed by atoms with Crippen molar-refractivity contribution in [2.24, 2.45) is 7.05 Å². The van der Waals surface area contributed by atoms with Gasteiger partial charge in [-0.05, 0) is 19.3 Å². The number of rotatable bonds is 4. The molecule has 1 aliphatic rings. The van der Waals surface area contributed by atoms with Crippen molar-refractivity contribution in [3.63, 3.8) is 0 Å². The summed E-state index contributed by atoms with van der Waals surface area (Å²) in [6.07, 6.45) is 4.82. The van der Waals surface area contributed by atoms with E-state index in [-0.39, 0.29) is 29.6 Å². The minimum atomic E-state index is -0.245. The highest BCUT2D eigenvalue weighted by atomic mass is 35.5. The second-order valence-corrected chi connectivity index (χ2v) is 5.24. The lowest BCUT2D eigenvalue weighted by atomic mass is 10.1. The molecule has 0 unspecified atom stereocenters. The standard InChI is InChI=1S/C14H19ClN2O3/c1-16-9-13(12(18)7-11(16)8-15)20-10-14(19)17-5-3-2-4-6-17/h7,9H,2-6,8,10H2,1H3. The van der Waals surface area contributed by atoms with Crippen molar-refractivity contribution in [3.8, 4) is 5.75 Å². The van der Waals surface area contributed by atoms with Gasteiger partial charge in [-0.3, -0.25) is 9.59 Å². The largest absolute Gasteiger partial charge is 0.478 e. The van der Waals surface area contributed by atoms with E-state index in [0.717, 1.165) is 25.9 Å². The molecule has 2 rings (SSSR count). The summed E-state index contributed by atoms with van der Waals surface area (Å²) in [5.74, 6) is 0.388. The first-order chi connectivity index (χ1) is 9.61. The Morgan fingerprint density at radius 1 is 1.35 bits per heavy atom. The molecule has 0 N–H and O–H groups in total. The van der Waals surface area contributed by atoms with Gasteiger partial charge in [0.15, 0.2) is 12.4 Å². The molecule has 0 aromatic carbocycles. The fourth-order valence-corrected chi connectivity index (χ4v) is 2.53. The molecule has 1 fully saturated rings. The molecule has 5 nitrogen and oxygen atoms in total. The molecule has 0 spiro atoms. The highest BCUT2D eigenvalue weighted by molar-refractivity contribution is 6.16. The molecule has 1 aromatic heterocycles. The molecule has 1 aromatic rings. The van der Waals surface area contributed by atoms with E-state index >= 15 is 0 Å².